The van der Waals surface area contributed by atoms with Crippen molar-refractivity contribution in [3.63, 3.8) is 0 Å². The summed E-state index contributed by atoms with van der Waals surface area (Å²) in [4.78, 5) is 16.2. The second kappa shape index (κ2) is 6.39. The number of amides is 1. The van der Waals surface area contributed by atoms with Gasteiger partial charge in [-0.3, -0.25) is 10.1 Å². The number of halogens is 1. The van der Waals surface area contributed by atoms with E-state index in [0.29, 0.717) is 10.9 Å². The van der Waals surface area contributed by atoms with E-state index >= 15 is 0 Å². The number of pyridine rings is 1. The van der Waals surface area contributed by atoms with Gasteiger partial charge in [0.05, 0.1) is 5.02 Å². The topological polar surface area (TPSA) is 92.7 Å². The molecular weight excluding hydrogens is 288 g/mol. The van der Waals surface area contributed by atoms with Crippen molar-refractivity contribution in [1.29, 1.82) is 0 Å². The Labute approximate surface area is 118 Å². The first kappa shape index (κ1) is 13.6. The summed E-state index contributed by atoms with van der Waals surface area (Å²) in [6.07, 6.45) is 0.961. The lowest BCUT2D eigenvalue weighted by molar-refractivity contribution is 0.102. The highest BCUT2D eigenvalue weighted by Crippen LogP contribution is 2.18. The highest BCUT2D eigenvalue weighted by atomic mass is 35.5. The standard InChI is InChI=1S/C10H11ClN6OS/c1-2-5-12-7-4-3-6(11)8(13-7)9(18)14-10-15-16-17-19-10/h3-4H,2,5H2,1H3,(H,12,13)(H,14,15,17,18). The highest BCUT2D eigenvalue weighted by molar-refractivity contribution is 7.09. The van der Waals surface area contributed by atoms with Gasteiger partial charge in [-0.25, -0.2) is 4.98 Å². The minimum absolute atomic E-state index is 0.137. The van der Waals surface area contributed by atoms with E-state index in [4.69, 9.17) is 11.6 Å². The Balaban J connectivity index is 2.15. The molecule has 2 heterocycles. The van der Waals surface area contributed by atoms with Gasteiger partial charge in [-0.15, -0.1) is 0 Å². The SMILES string of the molecule is CCCNc1ccc(Cl)c(C(=O)Nc2nnns2)n1. The molecular formula is C10H11ClN6OS. The van der Waals surface area contributed by atoms with E-state index in [1.54, 1.807) is 12.1 Å². The Bertz CT molecular complexity index is 561. The van der Waals surface area contributed by atoms with Gasteiger partial charge in [0.25, 0.3) is 5.91 Å². The van der Waals surface area contributed by atoms with Crippen LogP contribution in [0.25, 0.3) is 0 Å². The molecule has 0 unspecified atom stereocenters. The van der Waals surface area contributed by atoms with Crippen molar-refractivity contribution in [1.82, 2.24) is 19.8 Å². The molecule has 100 valence electrons. The zero-order valence-corrected chi connectivity index (χ0v) is 11.6. The van der Waals surface area contributed by atoms with Crippen molar-refractivity contribution in [2.24, 2.45) is 0 Å². The smallest absolute Gasteiger partial charge is 0.277 e. The second-order valence-corrected chi connectivity index (χ2v) is 4.72. The van der Waals surface area contributed by atoms with Crippen LogP contribution in [0, 0.1) is 0 Å². The third-order valence-electron chi connectivity index (χ3n) is 2.14. The van der Waals surface area contributed by atoms with Crippen LogP contribution in [0.1, 0.15) is 23.8 Å². The minimum atomic E-state index is -0.441. The van der Waals surface area contributed by atoms with Crippen molar-refractivity contribution in [3.05, 3.63) is 22.8 Å². The van der Waals surface area contributed by atoms with Gasteiger partial charge < -0.3 is 5.32 Å². The molecule has 0 saturated heterocycles. The van der Waals surface area contributed by atoms with Crippen LogP contribution in [0.3, 0.4) is 0 Å². The summed E-state index contributed by atoms with van der Waals surface area (Å²) >= 11 is 6.95. The fourth-order valence-corrected chi connectivity index (χ4v) is 1.84. The quantitative estimate of drug-likeness (QED) is 0.877. The number of aromatic nitrogens is 4. The van der Waals surface area contributed by atoms with Crippen LogP contribution in [0.15, 0.2) is 12.1 Å². The van der Waals surface area contributed by atoms with Gasteiger partial charge in [0, 0.05) is 18.1 Å². The van der Waals surface area contributed by atoms with Crippen molar-refractivity contribution < 1.29 is 4.79 Å². The first-order valence-electron chi connectivity index (χ1n) is 5.57. The van der Waals surface area contributed by atoms with Crippen molar-refractivity contribution in [2.75, 3.05) is 17.2 Å². The number of hydrogen-bond donors (Lipinski definition) is 2. The Kier molecular flexibility index (Phi) is 4.58. The fourth-order valence-electron chi connectivity index (χ4n) is 1.29. The Hall–Kier alpha value is -1.80. The summed E-state index contributed by atoms with van der Waals surface area (Å²) in [5.41, 5.74) is 0.137. The summed E-state index contributed by atoms with van der Waals surface area (Å²) < 4.78 is 3.55. The Morgan fingerprint density at radius 1 is 1.47 bits per heavy atom. The lowest BCUT2D eigenvalue weighted by atomic mass is 10.3. The molecule has 9 heteroatoms. The molecule has 0 bridgehead atoms. The number of nitrogens with one attached hydrogen (secondary N) is 2. The van der Waals surface area contributed by atoms with E-state index in [9.17, 15) is 4.79 Å². The van der Waals surface area contributed by atoms with Crippen LogP contribution in [0.2, 0.25) is 5.02 Å². The van der Waals surface area contributed by atoms with Crippen molar-refractivity contribution in [3.8, 4) is 0 Å². The van der Waals surface area contributed by atoms with Crippen LogP contribution in [0.5, 0.6) is 0 Å². The van der Waals surface area contributed by atoms with E-state index in [1.165, 1.54) is 0 Å². The van der Waals surface area contributed by atoms with Gasteiger partial charge in [0.2, 0.25) is 5.13 Å². The summed E-state index contributed by atoms with van der Waals surface area (Å²) in [7, 11) is 0. The lowest BCUT2D eigenvalue weighted by Crippen LogP contribution is -2.15. The van der Waals surface area contributed by atoms with Gasteiger partial charge in [-0.05, 0) is 23.8 Å². The van der Waals surface area contributed by atoms with Gasteiger partial charge in [-0.1, -0.05) is 28.1 Å². The number of hydrogen-bond acceptors (Lipinski definition) is 7. The first-order chi connectivity index (χ1) is 9.20. The van der Waals surface area contributed by atoms with Gasteiger partial charge in [0.1, 0.15) is 11.5 Å². The molecule has 0 spiro atoms. The summed E-state index contributed by atoms with van der Waals surface area (Å²) in [5.74, 6) is 0.162. The summed E-state index contributed by atoms with van der Waals surface area (Å²) in [5, 5.41) is 13.2. The zero-order chi connectivity index (χ0) is 13.7. The molecule has 2 aromatic rings. The molecule has 0 aliphatic carbocycles. The molecule has 0 atom stereocenters. The normalized spacial score (nSPS) is 10.2. The maximum absolute atomic E-state index is 12.0. The Morgan fingerprint density at radius 3 is 3.00 bits per heavy atom. The molecule has 7 nitrogen and oxygen atoms in total. The highest BCUT2D eigenvalue weighted by Gasteiger charge is 2.15. The molecule has 0 saturated carbocycles. The predicted molar refractivity (Wildman–Crippen MR) is 73.7 cm³/mol. The average Bonchev–Trinajstić information content (AvgIpc) is 2.90. The molecule has 1 amide bonds. The van der Waals surface area contributed by atoms with E-state index in [2.05, 4.69) is 30.4 Å². The predicted octanol–water partition coefficient (Wildman–Crippen LogP) is 2.06. The van der Waals surface area contributed by atoms with Crippen LogP contribution in [-0.2, 0) is 0 Å². The van der Waals surface area contributed by atoms with E-state index < -0.39 is 5.91 Å². The zero-order valence-electron chi connectivity index (χ0n) is 10.1. The van der Waals surface area contributed by atoms with Gasteiger partial charge in [-0.2, -0.15) is 0 Å². The van der Waals surface area contributed by atoms with Crippen molar-refractivity contribution in [2.45, 2.75) is 13.3 Å². The van der Waals surface area contributed by atoms with E-state index in [1.807, 2.05) is 6.92 Å². The van der Waals surface area contributed by atoms with Crippen LogP contribution in [0.4, 0.5) is 10.9 Å². The second-order valence-electron chi connectivity index (χ2n) is 3.58. The van der Waals surface area contributed by atoms with Gasteiger partial charge in [0.15, 0.2) is 0 Å². The molecule has 2 aromatic heterocycles. The summed E-state index contributed by atoms with van der Waals surface area (Å²) in [6.45, 7) is 2.81. The van der Waals surface area contributed by atoms with Crippen molar-refractivity contribution >= 4 is 40.0 Å². The van der Waals surface area contributed by atoms with Crippen LogP contribution < -0.4 is 10.6 Å². The third-order valence-corrected chi connectivity index (χ3v) is 2.95. The molecule has 2 rings (SSSR count). The Morgan fingerprint density at radius 2 is 2.32 bits per heavy atom. The number of anilines is 2. The van der Waals surface area contributed by atoms with Crippen LogP contribution >= 0.6 is 23.1 Å². The minimum Gasteiger partial charge on any atom is -0.370 e. The number of carbonyl (C=O) groups is 1. The van der Waals surface area contributed by atoms with Gasteiger partial charge >= 0.3 is 0 Å². The van der Waals surface area contributed by atoms with E-state index in [-0.39, 0.29) is 10.7 Å². The third kappa shape index (κ3) is 3.58. The average molecular weight is 299 g/mol. The monoisotopic (exact) mass is 298 g/mol. The largest absolute Gasteiger partial charge is 0.370 e. The number of carbonyl (C=O) groups excluding carboxylic acids is 1. The lowest BCUT2D eigenvalue weighted by Gasteiger charge is -2.07. The van der Waals surface area contributed by atoms with Crippen LogP contribution in [-0.4, -0.2) is 32.2 Å². The summed E-state index contributed by atoms with van der Waals surface area (Å²) in [6, 6.07) is 3.35. The molecule has 0 fully saturated rings. The molecule has 0 aromatic carbocycles. The number of rotatable bonds is 5. The first-order valence-corrected chi connectivity index (χ1v) is 6.72. The maximum atomic E-state index is 12.0. The maximum Gasteiger partial charge on any atom is 0.277 e. The molecule has 0 radical (unpaired) electrons. The number of nitrogens with zero attached hydrogens (tertiary/aromatic N) is 4. The fraction of sp³-hybridized carbons (Fsp3) is 0.300. The molecule has 19 heavy (non-hydrogen) atoms. The van der Waals surface area contributed by atoms with E-state index in [0.717, 1.165) is 24.5 Å². The molecule has 0 aliphatic heterocycles. The molecule has 2 N–H and O–H groups in total. The molecule has 0 aliphatic rings.